The lowest BCUT2D eigenvalue weighted by atomic mass is 10.1. The summed E-state index contributed by atoms with van der Waals surface area (Å²) >= 11 is 0. The van der Waals surface area contributed by atoms with Crippen LogP contribution in [0.5, 0.6) is 0 Å². The summed E-state index contributed by atoms with van der Waals surface area (Å²) < 4.78 is 25.1. The second-order valence-corrected chi connectivity index (χ2v) is 8.74. The zero-order valence-electron chi connectivity index (χ0n) is 15.4. The Kier molecular flexibility index (Phi) is 5.89. The van der Waals surface area contributed by atoms with Crippen LogP contribution in [0.15, 0.2) is 18.7 Å². The molecule has 3 rings (SSSR count). The fraction of sp³-hybridized carbons (Fsp3) is 0.562. The van der Waals surface area contributed by atoms with E-state index in [0.717, 1.165) is 17.0 Å². The molecule has 1 aromatic heterocycles. The molecule has 0 aliphatic carbocycles. The van der Waals surface area contributed by atoms with Gasteiger partial charge in [0.05, 0.1) is 11.8 Å². The maximum Gasteiger partial charge on any atom is 0.257 e. The highest BCUT2D eigenvalue weighted by Crippen LogP contribution is 2.17. The summed E-state index contributed by atoms with van der Waals surface area (Å²) in [5.74, 6) is -1.33. The first-order valence-electron chi connectivity index (χ1n) is 8.86. The lowest BCUT2D eigenvalue weighted by Gasteiger charge is -2.40. The minimum absolute atomic E-state index is 0.0374. The Bertz CT molecular complexity index is 862. The summed E-state index contributed by atoms with van der Waals surface area (Å²) in [5.41, 5.74) is 0.198. The van der Waals surface area contributed by atoms with Crippen molar-refractivity contribution in [3.8, 4) is 0 Å². The average Bonchev–Trinajstić information content (AvgIpc) is 2.68. The highest BCUT2D eigenvalue weighted by molar-refractivity contribution is 7.88. The van der Waals surface area contributed by atoms with Crippen LogP contribution < -0.4 is 10.6 Å². The largest absolute Gasteiger partial charge is 0.354 e. The topological polar surface area (TPSA) is 142 Å². The lowest BCUT2D eigenvalue weighted by molar-refractivity contribution is -0.133. The van der Waals surface area contributed by atoms with Crippen LogP contribution in [0, 0.1) is 0 Å². The smallest absolute Gasteiger partial charge is 0.257 e. The summed E-state index contributed by atoms with van der Waals surface area (Å²) in [6.45, 7) is 0.481. The fourth-order valence-corrected chi connectivity index (χ4v) is 4.10. The molecule has 0 saturated carbocycles. The van der Waals surface area contributed by atoms with E-state index in [4.69, 9.17) is 0 Å². The molecule has 2 saturated heterocycles. The Morgan fingerprint density at radius 1 is 1.25 bits per heavy atom. The highest BCUT2D eigenvalue weighted by Gasteiger charge is 2.40. The third-order valence-electron chi connectivity index (χ3n) is 4.78. The van der Waals surface area contributed by atoms with E-state index in [-0.39, 0.29) is 31.1 Å². The third-order valence-corrected chi connectivity index (χ3v) is 6.05. The van der Waals surface area contributed by atoms with Crippen molar-refractivity contribution < 1.29 is 22.8 Å². The van der Waals surface area contributed by atoms with Crippen LogP contribution in [0.25, 0.3) is 0 Å². The number of carbonyl (C=O) groups is 3. The molecule has 3 amide bonds. The molecule has 2 fully saturated rings. The molecule has 12 heteroatoms. The van der Waals surface area contributed by atoms with Crippen molar-refractivity contribution >= 4 is 27.7 Å². The molecule has 152 valence electrons. The average molecular weight is 410 g/mol. The first-order chi connectivity index (χ1) is 13.3. The van der Waals surface area contributed by atoms with Gasteiger partial charge in [0.1, 0.15) is 18.4 Å². The number of aromatic nitrogens is 2. The molecule has 2 atom stereocenters. The second-order valence-electron chi connectivity index (χ2n) is 6.76. The van der Waals surface area contributed by atoms with Crippen LogP contribution in [0.1, 0.15) is 23.2 Å². The van der Waals surface area contributed by atoms with Gasteiger partial charge in [0.25, 0.3) is 5.91 Å². The number of nitrogens with one attached hydrogen (secondary N) is 2. The van der Waals surface area contributed by atoms with Crippen LogP contribution in [-0.2, 0) is 19.6 Å². The van der Waals surface area contributed by atoms with Gasteiger partial charge in [-0.05, 0) is 12.8 Å². The molecule has 2 aliphatic heterocycles. The summed E-state index contributed by atoms with van der Waals surface area (Å²) in [6, 6.07) is -1.77. The van der Waals surface area contributed by atoms with E-state index >= 15 is 0 Å². The summed E-state index contributed by atoms with van der Waals surface area (Å²) in [7, 11) is -3.54. The number of sulfonamides is 1. The molecule has 28 heavy (non-hydrogen) atoms. The van der Waals surface area contributed by atoms with E-state index in [1.807, 2.05) is 0 Å². The number of piperidine rings is 1. The van der Waals surface area contributed by atoms with Gasteiger partial charge in [-0.25, -0.2) is 18.4 Å². The van der Waals surface area contributed by atoms with Gasteiger partial charge >= 0.3 is 0 Å². The predicted molar refractivity (Wildman–Crippen MR) is 97.4 cm³/mol. The number of hydrogen-bond donors (Lipinski definition) is 2. The van der Waals surface area contributed by atoms with Gasteiger partial charge in [0.2, 0.25) is 21.8 Å². The molecule has 0 aromatic carbocycles. The SMILES string of the molecule is CS(=O)(=O)N1CCN(C(=O)c2cncnc2)C(C(=O)NC2CCCNC2=O)C1. The van der Waals surface area contributed by atoms with Crippen molar-refractivity contribution in [3.63, 3.8) is 0 Å². The van der Waals surface area contributed by atoms with Crippen molar-refractivity contribution in [2.45, 2.75) is 24.9 Å². The van der Waals surface area contributed by atoms with Crippen LogP contribution in [0.2, 0.25) is 0 Å². The second kappa shape index (κ2) is 8.19. The predicted octanol–water partition coefficient (Wildman–Crippen LogP) is -2.04. The quantitative estimate of drug-likeness (QED) is 0.582. The number of rotatable bonds is 4. The minimum Gasteiger partial charge on any atom is -0.354 e. The lowest BCUT2D eigenvalue weighted by Crippen LogP contribution is -2.63. The normalized spacial score (nSPS) is 23.8. The Balaban J connectivity index is 1.82. The van der Waals surface area contributed by atoms with Gasteiger partial charge in [-0.2, -0.15) is 4.31 Å². The zero-order valence-corrected chi connectivity index (χ0v) is 16.2. The molecule has 0 radical (unpaired) electrons. The number of hydrogen-bond acceptors (Lipinski definition) is 7. The van der Waals surface area contributed by atoms with Crippen molar-refractivity contribution in [2.24, 2.45) is 0 Å². The Hall–Kier alpha value is -2.60. The number of nitrogens with zero attached hydrogens (tertiary/aromatic N) is 4. The number of carbonyl (C=O) groups excluding carboxylic acids is 3. The maximum absolute atomic E-state index is 12.9. The molecule has 1 aromatic rings. The summed E-state index contributed by atoms with van der Waals surface area (Å²) in [5, 5.41) is 5.33. The monoisotopic (exact) mass is 410 g/mol. The minimum atomic E-state index is -3.54. The maximum atomic E-state index is 12.9. The first-order valence-corrected chi connectivity index (χ1v) is 10.7. The van der Waals surface area contributed by atoms with Gasteiger partial charge < -0.3 is 15.5 Å². The molecule has 0 bridgehead atoms. The Morgan fingerprint density at radius 3 is 2.61 bits per heavy atom. The van der Waals surface area contributed by atoms with Gasteiger partial charge in [-0.1, -0.05) is 0 Å². The molecular weight excluding hydrogens is 388 g/mol. The molecular formula is C16H22N6O5S. The van der Waals surface area contributed by atoms with E-state index in [9.17, 15) is 22.8 Å². The van der Waals surface area contributed by atoms with E-state index < -0.39 is 33.9 Å². The van der Waals surface area contributed by atoms with E-state index in [0.29, 0.717) is 13.0 Å². The fourth-order valence-electron chi connectivity index (χ4n) is 3.28. The molecule has 3 heterocycles. The van der Waals surface area contributed by atoms with Crippen molar-refractivity contribution in [3.05, 3.63) is 24.3 Å². The van der Waals surface area contributed by atoms with Crippen LogP contribution >= 0.6 is 0 Å². The molecule has 0 spiro atoms. The Morgan fingerprint density at radius 2 is 1.96 bits per heavy atom. The van der Waals surface area contributed by atoms with Crippen LogP contribution in [-0.4, -0.2) is 89.8 Å². The molecule has 11 nitrogen and oxygen atoms in total. The number of piperazine rings is 1. The Labute approximate surface area is 162 Å². The van der Waals surface area contributed by atoms with Crippen molar-refractivity contribution in [1.29, 1.82) is 0 Å². The van der Waals surface area contributed by atoms with E-state index in [1.54, 1.807) is 0 Å². The van der Waals surface area contributed by atoms with Crippen LogP contribution in [0.4, 0.5) is 0 Å². The van der Waals surface area contributed by atoms with Gasteiger partial charge in [-0.3, -0.25) is 14.4 Å². The van der Waals surface area contributed by atoms with Crippen molar-refractivity contribution in [1.82, 2.24) is 29.8 Å². The molecule has 2 aliphatic rings. The summed E-state index contributed by atoms with van der Waals surface area (Å²) in [4.78, 5) is 46.6. The third kappa shape index (κ3) is 4.44. The van der Waals surface area contributed by atoms with Crippen LogP contribution in [0.3, 0.4) is 0 Å². The zero-order chi connectivity index (χ0) is 20.3. The van der Waals surface area contributed by atoms with Gasteiger partial charge in [0, 0.05) is 38.6 Å². The van der Waals surface area contributed by atoms with E-state index in [2.05, 4.69) is 20.6 Å². The van der Waals surface area contributed by atoms with Gasteiger partial charge in [-0.15, -0.1) is 0 Å². The highest BCUT2D eigenvalue weighted by atomic mass is 32.2. The van der Waals surface area contributed by atoms with Crippen molar-refractivity contribution in [2.75, 3.05) is 32.4 Å². The van der Waals surface area contributed by atoms with E-state index in [1.165, 1.54) is 23.6 Å². The first kappa shape index (κ1) is 20.1. The number of amides is 3. The molecule has 2 unspecified atom stereocenters. The standard InChI is InChI=1S/C16H22N6O5S/c1-28(26,27)21-5-6-22(16(25)11-7-17-10-18-8-11)13(9-21)15(24)20-12-3-2-4-19-14(12)23/h7-8,10,12-13H,2-6,9H2,1H3,(H,19,23)(H,20,24). The van der Waals surface area contributed by atoms with Gasteiger partial charge in [0.15, 0.2) is 0 Å². The molecule has 2 N–H and O–H groups in total. The summed E-state index contributed by atoms with van der Waals surface area (Å²) in [6.07, 6.45) is 6.22.